The summed E-state index contributed by atoms with van der Waals surface area (Å²) < 4.78 is 36.9. The van der Waals surface area contributed by atoms with E-state index in [4.69, 9.17) is 4.74 Å². The monoisotopic (exact) mass is 550 g/mol. The van der Waals surface area contributed by atoms with Crippen molar-refractivity contribution in [3.05, 3.63) is 93.4 Å². The summed E-state index contributed by atoms with van der Waals surface area (Å²) in [4.78, 5) is 50.0. The first-order chi connectivity index (χ1) is 19.1. The van der Waals surface area contributed by atoms with Gasteiger partial charge in [-0.05, 0) is 25.1 Å². The summed E-state index contributed by atoms with van der Waals surface area (Å²) in [5, 5.41) is 12.5. The van der Waals surface area contributed by atoms with Crippen LogP contribution in [-0.4, -0.2) is 73.3 Å². The van der Waals surface area contributed by atoms with Gasteiger partial charge in [0.05, 0.1) is 5.54 Å². The van der Waals surface area contributed by atoms with Crippen molar-refractivity contribution in [2.24, 2.45) is 0 Å². The molecule has 1 fully saturated rings. The van der Waals surface area contributed by atoms with Crippen LogP contribution in [0.15, 0.2) is 53.9 Å². The first kappa shape index (κ1) is 25.5. The summed E-state index contributed by atoms with van der Waals surface area (Å²) in [5.74, 6) is -4.24. The van der Waals surface area contributed by atoms with Crippen LogP contribution in [0, 0.1) is 18.6 Å². The number of rotatable bonds is 1. The van der Waals surface area contributed by atoms with Gasteiger partial charge in [-0.3, -0.25) is 24.1 Å². The van der Waals surface area contributed by atoms with E-state index in [0.29, 0.717) is 11.3 Å². The van der Waals surface area contributed by atoms with Gasteiger partial charge in [-0.2, -0.15) is 4.39 Å². The number of aromatic nitrogens is 3. The Kier molecular flexibility index (Phi) is 5.82. The number of aryl methyl sites for hydroxylation is 1. The van der Waals surface area contributed by atoms with Gasteiger partial charge in [0.1, 0.15) is 25.6 Å². The highest BCUT2D eigenvalue weighted by Crippen LogP contribution is 2.42. The molecule has 1 unspecified atom stereocenters. The van der Waals surface area contributed by atoms with Crippen LogP contribution in [0.3, 0.4) is 0 Å². The molecule has 13 heteroatoms. The lowest BCUT2D eigenvalue weighted by molar-refractivity contribution is -0.139. The number of nitrogens with zero attached hydrogens (tertiary/aromatic N) is 6. The molecule has 0 radical (unpaired) electrons. The Morgan fingerprint density at radius 1 is 1.18 bits per heavy atom. The van der Waals surface area contributed by atoms with Crippen molar-refractivity contribution in [3.8, 4) is 11.5 Å². The number of pyridine rings is 1. The maximum atomic E-state index is 15.3. The van der Waals surface area contributed by atoms with Gasteiger partial charge in [-0.25, -0.2) is 14.4 Å². The van der Waals surface area contributed by atoms with Crippen molar-refractivity contribution in [2.45, 2.75) is 25.4 Å². The highest BCUT2D eigenvalue weighted by Gasteiger charge is 2.53. The van der Waals surface area contributed by atoms with Crippen LogP contribution in [0.1, 0.15) is 40.3 Å². The lowest BCUT2D eigenvalue weighted by Crippen LogP contribution is -2.74. The first-order valence-electron chi connectivity index (χ1n) is 12.5. The maximum absolute atomic E-state index is 15.3. The Bertz CT molecular complexity index is 1650. The number of carbonyl (C=O) groups is 2. The number of aromatic hydroxyl groups is 1. The van der Waals surface area contributed by atoms with Crippen LogP contribution in [0.5, 0.6) is 11.5 Å². The van der Waals surface area contributed by atoms with Crippen LogP contribution < -0.4 is 15.2 Å². The van der Waals surface area contributed by atoms with Crippen molar-refractivity contribution < 1.29 is 28.2 Å². The minimum absolute atomic E-state index is 0.123. The van der Waals surface area contributed by atoms with Gasteiger partial charge >= 0.3 is 0 Å². The zero-order valence-electron chi connectivity index (χ0n) is 21.5. The predicted molar refractivity (Wildman–Crippen MR) is 136 cm³/mol. The second-order valence-electron chi connectivity index (χ2n) is 9.97. The van der Waals surface area contributed by atoms with E-state index in [2.05, 4.69) is 9.97 Å². The molecular formula is C27H24F2N6O5. The van der Waals surface area contributed by atoms with Gasteiger partial charge in [0, 0.05) is 55.3 Å². The number of amides is 2. The van der Waals surface area contributed by atoms with E-state index in [1.54, 1.807) is 29.0 Å². The lowest BCUT2D eigenvalue weighted by atomic mass is 9.86. The van der Waals surface area contributed by atoms with Gasteiger partial charge in [0.2, 0.25) is 17.2 Å². The molecule has 2 bridgehead atoms. The van der Waals surface area contributed by atoms with E-state index in [1.165, 1.54) is 41.3 Å². The average Bonchev–Trinajstić information content (AvgIpc) is 2.92. The summed E-state index contributed by atoms with van der Waals surface area (Å²) in [7, 11) is 0. The van der Waals surface area contributed by atoms with Crippen molar-refractivity contribution in [1.29, 1.82) is 0 Å². The molecule has 1 N–H and O–H groups in total. The molecule has 3 aliphatic rings. The van der Waals surface area contributed by atoms with E-state index in [9.17, 15) is 23.9 Å². The Hall–Kier alpha value is -4.81. The maximum Gasteiger partial charge on any atom is 0.278 e. The largest absolute Gasteiger partial charge is 0.502 e. The number of halogens is 2. The van der Waals surface area contributed by atoms with Crippen LogP contribution in [0.25, 0.3) is 0 Å². The molecule has 1 atom stereocenters. The number of fused-ring (bicyclic) bond motifs is 6. The molecule has 0 saturated carbocycles. The summed E-state index contributed by atoms with van der Waals surface area (Å²) in [6.07, 6.45) is 7.47. The summed E-state index contributed by atoms with van der Waals surface area (Å²) in [6.45, 7) is 3.14. The Morgan fingerprint density at radius 3 is 2.67 bits per heavy atom. The normalized spacial score (nSPS) is 20.1. The van der Waals surface area contributed by atoms with E-state index < -0.39 is 40.3 Å². The summed E-state index contributed by atoms with van der Waals surface area (Å²) in [5.41, 5.74) is -0.893. The number of likely N-dealkylation sites (tertiary alicyclic amines) is 1. The third kappa shape index (κ3) is 3.72. The van der Waals surface area contributed by atoms with Gasteiger partial charge in [0.15, 0.2) is 23.0 Å². The van der Waals surface area contributed by atoms with Gasteiger partial charge in [-0.15, -0.1) is 0 Å². The standard InChI is InChI=1S/C27H24F2N6O5/c1-15-18(10-30-13-31-15)22-17-4-5-19(28)21(29)25(17)40-9-3-7-27(11-32(12-27)16(2)36)33-14-35(22)34-8-6-20(37)24(38)23(34)26(33)39/h3-8,10,13,22,38H,9,11-12,14H2,1-2H3/b7-3+. The number of benzene rings is 1. The van der Waals surface area contributed by atoms with E-state index >= 15 is 4.39 Å². The summed E-state index contributed by atoms with van der Waals surface area (Å²) in [6, 6.07) is 2.50. The molecule has 3 aliphatic heterocycles. The van der Waals surface area contributed by atoms with Crippen molar-refractivity contribution in [3.63, 3.8) is 0 Å². The number of carbonyl (C=O) groups excluding carboxylic acids is 2. The second kappa shape index (κ2) is 9.14. The highest BCUT2D eigenvalue weighted by molar-refractivity contribution is 5.97. The SMILES string of the molecule is CC(=O)N1CC2(/C=C/COc3c(ccc(F)c3F)C(c3cncnc3C)N3CN2C(=O)c2c(O)c(=O)ccn23)C1. The minimum Gasteiger partial charge on any atom is -0.502 e. The number of hydrogen-bond acceptors (Lipinski definition) is 8. The lowest BCUT2D eigenvalue weighted by Gasteiger charge is -2.57. The van der Waals surface area contributed by atoms with E-state index in [1.807, 2.05) is 0 Å². The minimum atomic E-state index is -1.20. The zero-order valence-corrected chi connectivity index (χ0v) is 21.5. The van der Waals surface area contributed by atoms with Crippen LogP contribution in [-0.2, 0) is 4.79 Å². The average molecular weight is 551 g/mol. The third-order valence-corrected chi connectivity index (χ3v) is 7.65. The molecule has 1 saturated heterocycles. The molecule has 1 aromatic carbocycles. The third-order valence-electron chi connectivity index (χ3n) is 7.65. The second-order valence-corrected chi connectivity index (χ2v) is 9.97. The number of ether oxygens (including phenoxy) is 1. The van der Waals surface area contributed by atoms with E-state index in [-0.39, 0.29) is 49.3 Å². The molecule has 0 aliphatic carbocycles. The fraction of sp³-hybridized carbons (Fsp3) is 0.296. The molecular weight excluding hydrogens is 526 g/mol. The van der Waals surface area contributed by atoms with Crippen LogP contribution in [0.4, 0.5) is 8.78 Å². The molecule has 2 aromatic heterocycles. The molecule has 11 nitrogen and oxygen atoms in total. The Morgan fingerprint density at radius 2 is 1.95 bits per heavy atom. The molecule has 6 rings (SSSR count). The van der Waals surface area contributed by atoms with Gasteiger partial charge < -0.3 is 19.6 Å². The fourth-order valence-corrected chi connectivity index (χ4v) is 5.55. The fourth-order valence-electron chi connectivity index (χ4n) is 5.55. The topological polar surface area (TPSA) is 121 Å². The Labute approximate surface area is 226 Å². The van der Waals surface area contributed by atoms with Crippen molar-refractivity contribution >= 4 is 11.8 Å². The number of hydrogen-bond donors (Lipinski definition) is 1. The quantitative estimate of drug-likeness (QED) is 0.454. The van der Waals surface area contributed by atoms with Gasteiger partial charge in [-0.1, -0.05) is 6.08 Å². The molecule has 206 valence electrons. The molecule has 2 amide bonds. The highest BCUT2D eigenvalue weighted by atomic mass is 19.2. The van der Waals surface area contributed by atoms with E-state index in [0.717, 1.165) is 12.1 Å². The molecule has 1 spiro atoms. The molecule has 3 aromatic rings. The first-order valence-corrected chi connectivity index (χ1v) is 12.5. The van der Waals surface area contributed by atoms with Crippen molar-refractivity contribution in [2.75, 3.05) is 31.4 Å². The molecule has 40 heavy (non-hydrogen) atoms. The smallest absolute Gasteiger partial charge is 0.278 e. The molecule has 5 heterocycles. The summed E-state index contributed by atoms with van der Waals surface area (Å²) >= 11 is 0. The Balaban J connectivity index is 1.66. The van der Waals surface area contributed by atoms with Crippen molar-refractivity contribution in [1.82, 2.24) is 24.4 Å². The predicted octanol–water partition coefficient (Wildman–Crippen LogP) is 1.62. The van der Waals surface area contributed by atoms with Gasteiger partial charge in [0.25, 0.3) is 5.91 Å². The van der Waals surface area contributed by atoms with Crippen LogP contribution in [0.2, 0.25) is 0 Å². The zero-order chi connectivity index (χ0) is 28.3. The van der Waals surface area contributed by atoms with Crippen LogP contribution >= 0.6 is 0 Å².